The first-order valence-corrected chi connectivity index (χ1v) is 13.0. The normalized spacial score (nSPS) is 17.6. The van der Waals surface area contributed by atoms with E-state index in [4.69, 9.17) is 0 Å². The number of hydrogen-bond donors (Lipinski definition) is 2. The summed E-state index contributed by atoms with van der Waals surface area (Å²) in [5.74, 6) is 0.551. The molecule has 1 saturated heterocycles. The molecule has 0 unspecified atom stereocenters. The Morgan fingerprint density at radius 2 is 1.91 bits per heavy atom. The summed E-state index contributed by atoms with van der Waals surface area (Å²) in [6.07, 6.45) is 6.34. The van der Waals surface area contributed by atoms with Crippen molar-refractivity contribution in [3.63, 3.8) is 0 Å². The number of piperidine rings is 1. The average molecular weight is 479 g/mol. The molecule has 0 spiro atoms. The number of benzene rings is 1. The van der Waals surface area contributed by atoms with E-state index in [-0.39, 0.29) is 18.4 Å². The van der Waals surface area contributed by atoms with Crippen LogP contribution in [0.5, 0.6) is 0 Å². The Bertz CT molecular complexity index is 1000. The van der Waals surface area contributed by atoms with Crippen LogP contribution in [0.2, 0.25) is 0 Å². The zero-order chi connectivity index (χ0) is 24.6. The molecule has 1 atom stereocenters. The molecule has 1 aromatic heterocycles. The Labute approximate surface area is 208 Å². The van der Waals surface area contributed by atoms with Crippen LogP contribution < -0.4 is 5.32 Å². The van der Waals surface area contributed by atoms with E-state index in [1.165, 1.54) is 11.1 Å². The van der Waals surface area contributed by atoms with Crippen molar-refractivity contribution in [1.29, 1.82) is 0 Å². The number of carbonyl (C=O) groups excluding carboxylic acids is 2. The quantitative estimate of drug-likeness (QED) is 0.579. The van der Waals surface area contributed by atoms with Gasteiger partial charge in [-0.3, -0.25) is 19.5 Å². The third-order valence-electron chi connectivity index (χ3n) is 7.18. The highest BCUT2D eigenvalue weighted by Gasteiger charge is 2.23. The van der Waals surface area contributed by atoms with Crippen LogP contribution in [0.1, 0.15) is 59.8 Å². The molecular weight excluding hydrogens is 440 g/mol. The Morgan fingerprint density at radius 1 is 1.14 bits per heavy atom. The van der Waals surface area contributed by atoms with Crippen LogP contribution in [0, 0.1) is 5.92 Å². The molecule has 2 aliphatic rings. The maximum Gasteiger partial charge on any atom is 0.251 e. The summed E-state index contributed by atoms with van der Waals surface area (Å²) in [6.45, 7) is 6.17. The van der Waals surface area contributed by atoms with E-state index in [0.717, 1.165) is 64.0 Å². The first-order valence-electron chi connectivity index (χ1n) is 13.0. The lowest BCUT2D eigenvalue weighted by Crippen LogP contribution is -2.42. The van der Waals surface area contributed by atoms with Crippen molar-refractivity contribution in [2.45, 2.75) is 58.1 Å². The fourth-order valence-electron chi connectivity index (χ4n) is 5.17. The molecule has 2 aliphatic heterocycles. The van der Waals surface area contributed by atoms with Gasteiger partial charge < -0.3 is 15.3 Å². The highest BCUT2D eigenvalue weighted by Crippen LogP contribution is 2.22. The minimum absolute atomic E-state index is 0.184. The van der Waals surface area contributed by atoms with E-state index in [9.17, 15) is 14.7 Å². The van der Waals surface area contributed by atoms with Gasteiger partial charge in [0.1, 0.15) is 0 Å². The van der Waals surface area contributed by atoms with Crippen molar-refractivity contribution < 1.29 is 14.7 Å². The Hall–Kier alpha value is -2.77. The van der Waals surface area contributed by atoms with Gasteiger partial charge in [0.15, 0.2) is 0 Å². The number of β-amino-alcohol motifs (C(OH)–C–C–N with tert-alkyl or cyclic N) is 1. The lowest BCUT2D eigenvalue weighted by Gasteiger charge is -2.32. The fourth-order valence-corrected chi connectivity index (χ4v) is 5.17. The molecule has 188 valence electrons. The first-order chi connectivity index (χ1) is 17.0. The second-order valence-corrected chi connectivity index (χ2v) is 9.93. The number of likely N-dealkylation sites (tertiary alicyclic amines) is 1. The third kappa shape index (κ3) is 7.12. The number of nitrogens with zero attached hydrogens (tertiary/aromatic N) is 3. The topological polar surface area (TPSA) is 85.8 Å². The Morgan fingerprint density at radius 3 is 2.69 bits per heavy atom. The minimum atomic E-state index is -0.619. The molecule has 0 bridgehead atoms. The molecule has 35 heavy (non-hydrogen) atoms. The summed E-state index contributed by atoms with van der Waals surface area (Å²) in [6, 6.07) is 12.0. The zero-order valence-corrected chi connectivity index (χ0v) is 20.8. The van der Waals surface area contributed by atoms with Crippen LogP contribution in [0.4, 0.5) is 0 Å². The van der Waals surface area contributed by atoms with E-state index < -0.39 is 6.10 Å². The van der Waals surface area contributed by atoms with E-state index >= 15 is 0 Å². The number of rotatable bonds is 9. The van der Waals surface area contributed by atoms with E-state index in [1.54, 1.807) is 12.3 Å². The van der Waals surface area contributed by atoms with Crippen molar-refractivity contribution in [2.24, 2.45) is 5.92 Å². The number of pyridine rings is 1. The Balaban J connectivity index is 1.21. The summed E-state index contributed by atoms with van der Waals surface area (Å²) in [5, 5.41) is 13.4. The number of fused-ring (bicyclic) bond motifs is 1. The van der Waals surface area contributed by atoms with Crippen LogP contribution in [-0.4, -0.2) is 70.5 Å². The van der Waals surface area contributed by atoms with Crippen LogP contribution in [-0.2, 0) is 24.2 Å². The van der Waals surface area contributed by atoms with Gasteiger partial charge in [-0.15, -0.1) is 0 Å². The number of hydrogen-bond acceptors (Lipinski definition) is 5. The molecular formula is C28H38N4O3. The SMILES string of the molecule is CCCC(=O)N1CCC(Cc2cc(C(=O)NC[C@H](O)CN3CCc4ccccc4C3)ccn2)CC1. The van der Waals surface area contributed by atoms with Gasteiger partial charge >= 0.3 is 0 Å². The average Bonchev–Trinajstić information content (AvgIpc) is 2.88. The number of aromatic nitrogens is 1. The van der Waals surface area contributed by atoms with Gasteiger partial charge in [-0.25, -0.2) is 0 Å². The van der Waals surface area contributed by atoms with Crippen molar-refractivity contribution in [3.05, 3.63) is 65.0 Å². The van der Waals surface area contributed by atoms with Crippen molar-refractivity contribution in [3.8, 4) is 0 Å². The fraction of sp³-hybridized carbons (Fsp3) is 0.536. The lowest BCUT2D eigenvalue weighted by molar-refractivity contribution is -0.132. The molecule has 2 amide bonds. The molecule has 7 heteroatoms. The van der Waals surface area contributed by atoms with Crippen molar-refractivity contribution in [1.82, 2.24) is 20.1 Å². The number of aliphatic hydroxyl groups excluding tert-OH is 1. The standard InChI is InChI=1S/C28H38N4O3/c1-2-5-27(34)32-14-9-21(10-15-32)16-25-17-23(8-12-29-25)28(35)30-18-26(33)20-31-13-11-22-6-3-4-7-24(22)19-31/h3-4,6-8,12,17,21,26,33H,2,5,9-11,13-16,18-20H2,1H3,(H,30,35)/t26-/m0/s1. The van der Waals surface area contributed by atoms with Crippen molar-refractivity contribution in [2.75, 3.05) is 32.7 Å². The van der Waals surface area contributed by atoms with Gasteiger partial charge in [0.2, 0.25) is 5.91 Å². The third-order valence-corrected chi connectivity index (χ3v) is 7.18. The maximum atomic E-state index is 12.7. The smallest absolute Gasteiger partial charge is 0.251 e. The predicted molar refractivity (Wildman–Crippen MR) is 136 cm³/mol. The highest BCUT2D eigenvalue weighted by molar-refractivity contribution is 5.94. The maximum absolute atomic E-state index is 12.7. The molecule has 0 aliphatic carbocycles. The van der Waals surface area contributed by atoms with Gasteiger partial charge in [0.25, 0.3) is 5.91 Å². The van der Waals surface area contributed by atoms with Gasteiger partial charge in [-0.05, 0) is 61.3 Å². The lowest BCUT2D eigenvalue weighted by atomic mass is 9.91. The second kappa shape index (κ2) is 12.3. The molecule has 7 nitrogen and oxygen atoms in total. The molecule has 3 heterocycles. The molecule has 1 aromatic carbocycles. The van der Waals surface area contributed by atoms with Gasteiger partial charge in [-0.1, -0.05) is 31.2 Å². The molecule has 0 saturated carbocycles. The molecule has 2 aromatic rings. The largest absolute Gasteiger partial charge is 0.390 e. The van der Waals surface area contributed by atoms with E-state index in [2.05, 4.69) is 39.5 Å². The van der Waals surface area contributed by atoms with Gasteiger partial charge in [-0.2, -0.15) is 0 Å². The van der Waals surface area contributed by atoms with Gasteiger partial charge in [0, 0.05) is 63.1 Å². The minimum Gasteiger partial charge on any atom is -0.390 e. The van der Waals surface area contributed by atoms with Crippen LogP contribution in [0.25, 0.3) is 0 Å². The highest BCUT2D eigenvalue weighted by atomic mass is 16.3. The summed E-state index contributed by atoms with van der Waals surface area (Å²) in [4.78, 5) is 33.5. The number of aliphatic hydroxyl groups is 1. The number of carbonyl (C=O) groups is 2. The predicted octanol–water partition coefficient (Wildman–Crippen LogP) is 2.81. The van der Waals surface area contributed by atoms with Crippen LogP contribution in [0.15, 0.2) is 42.6 Å². The molecule has 1 fully saturated rings. The summed E-state index contributed by atoms with van der Waals surface area (Å²) < 4.78 is 0. The monoisotopic (exact) mass is 478 g/mol. The van der Waals surface area contributed by atoms with Crippen LogP contribution >= 0.6 is 0 Å². The summed E-state index contributed by atoms with van der Waals surface area (Å²) in [5.41, 5.74) is 4.18. The van der Waals surface area contributed by atoms with Crippen molar-refractivity contribution >= 4 is 11.8 Å². The molecule has 2 N–H and O–H groups in total. The zero-order valence-electron chi connectivity index (χ0n) is 20.8. The Kier molecular flexibility index (Phi) is 8.88. The van der Waals surface area contributed by atoms with E-state index in [0.29, 0.717) is 24.4 Å². The number of amides is 2. The number of nitrogens with one attached hydrogen (secondary N) is 1. The van der Waals surface area contributed by atoms with Crippen LogP contribution in [0.3, 0.4) is 0 Å². The first kappa shape index (κ1) is 25.3. The van der Waals surface area contributed by atoms with Gasteiger partial charge in [0.05, 0.1) is 6.10 Å². The van der Waals surface area contributed by atoms with E-state index in [1.807, 2.05) is 17.9 Å². The molecule has 0 radical (unpaired) electrons. The summed E-state index contributed by atoms with van der Waals surface area (Å²) >= 11 is 0. The summed E-state index contributed by atoms with van der Waals surface area (Å²) in [7, 11) is 0. The second-order valence-electron chi connectivity index (χ2n) is 9.93. The molecule has 4 rings (SSSR count).